The second-order valence-electron chi connectivity index (χ2n) is 9.62. The van der Waals surface area contributed by atoms with E-state index in [1.165, 1.54) is 44.2 Å². The SMILES string of the molecule is Cl.O=C(NCCN1CCN(c2ccccc2)CC1)C12CC3CC(CC(C3)C1)C2. The second-order valence-corrected chi connectivity index (χ2v) is 9.62. The molecule has 1 amide bonds. The Kier molecular flexibility index (Phi) is 5.89. The van der Waals surface area contributed by atoms with Crippen LogP contribution < -0.4 is 10.2 Å². The van der Waals surface area contributed by atoms with Crippen molar-refractivity contribution in [3.63, 3.8) is 0 Å². The molecule has 154 valence electrons. The molecule has 0 aromatic heterocycles. The Balaban J connectivity index is 0.00000192. The molecule has 28 heavy (non-hydrogen) atoms. The molecule has 1 N–H and O–H groups in total. The van der Waals surface area contributed by atoms with Gasteiger partial charge in [0.05, 0.1) is 0 Å². The summed E-state index contributed by atoms with van der Waals surface area (Å²) in [7, 11) is 0. The van der Waals surface area contributed by atoms with Gasteiger partial charge in [-0.05, 0) is 68.4 Å². The lowest BCUT2D eigenvalue weighted by atomic mass is 9.49. The molecule has 1 saturated heterocycles. The molecular weight excluding hydrogens is 370 g/mol. The first-order valence-corrected chi connectivity index (χ1v) is 11.0. The summed E-state index contributed by atoms with van der Waals surface area (Å²) in [6, 6.07) is 10.7. The fourth-order valence-electron chi connectivity index (χ4n) is 6.77. The van der Waals surface area contributed by atoms with Crippen molar-refractivity contribution in [2.75, 3.05) is 44.2 Å². The predicted molar refractivity (Wildman–Crippen MR) is 116 cm³/mol. The molecule has 6 rings (SSSR count). The third-order valence-electron chi connectivity index (χ3n) is 7.73. The van der Waals surface area contributed by atoms with E-state index in [1.54, 1.807) is 0 Å². The van der Waals surface area contributed by atoms with Gasteiger partial charge in [-0.25, -0.2) is 0 Å². The number of amides is 1. The number of rotatable bonds is 5. The van der Waals surface area contributed by atoms with Gasteiger partial charge in [-0.15, -0.1) is 12.4 Å². The van der Waals surface area contributed by atoms with Crippen molar-refractivity contribution < 1.29 is 4.79 Å². The van der Waals surface area contributed by atoms with Gasteiger partial charge in [0.2, 0.25) is 5.91 Å². The second kappa shape index (κ2) is 8.23. The Morgan fingerprint density at radius 1 is 0.929 bits per heavy atom. The fraction of sp³-hybridized carbons (Fsp3) is 0.696. The summed E-state index contributed by atoms with van der Waals surface area (Å²) >= 11 is 0. The molecule has 4 saturated carbocycles. The predicted octanol–water partition coefficient (Wildman–Crippen LogP) is 3.56. The van der Waals surface area contributed by atoms with Crippen molar-refractivity contribution in [1.82, 2.24) is 10.2 Å². The molecule has 5 fully saturated rings. The zero-order valence-corrected chi connectivity index (χ0v) is 17.6. The summed E-state index contributed by atoms with van der Waals surface area (Å²) in [5, 5.41) is 3.34. The monoisotopic (exact) mass is 403 g/mol. The highest BCUT2D eigenvalue weighted by atomic mass is 35.5. The first kappa shape index (κ1) is 20.0. The Morgan fingerprint density at radius 3 is 2.07 bits per heavy atom. The van der Waals surface area contributed by atoms with Crippen LogP contribution >= 0.6 is 12.4 Å². The number of carbonyl (C=O) groups excluding carboxylic acids is 1. The lowest BCUT2D eigenvalue weighted by Gasteiger charge is -2.55. The van der Waals surface area contributed by atoms with Crippen molar-refractivity contribution in [1.29, 1.82) is 0 Å². The summed E-state index contributed by atoms with van der Waals surface area (Å²) in [5.41, 5.74) is 1.33. The Bertz CT molecular complexity index is 636. The van der Waals surface area contributed by atoms with Crippen molar-refractivity contribution >= 4 is 24.0 Å². The van der Waals surface area contributed by atoms with Gasteiger partial charge in [0.1, 0.15) is 0 Å². The van der Waals surface area contributed by atoms with E-state index < -0.39 is 0 Å². The molecule has 1 heterocycles. The quantitative estimate of drug-likeness (QED) is 0.816. The smallest absolute Gasteiger partial charge is 0.226 e. The Hall–Kier alpha value is -1.26. The highest BCUT2D eigenvalue weighted by Crippen LogP contribution is 2.60. The molecule has 0 atom stereocenters. The van der Waals surface area contributed by atoms with E-state index in [-0.39, 0.29) is 17.8 Å². The van der Waals surface area contributed by atoms with Crippen LogP contribution in [0.2, 0.25) is 0 Å². The van der Waals surface area contributed by atoms with E-state index in [0.717, 1.165) is 57.0 Å². The lowest BCUT2D eigenvalue weighted by molar-refractivity contribution is -0.146. The third-order valence-corrected chi connectivity index (χ3v) is 7.73. The first-order chi connectivity index (χ1) is 13.2. The molecular formula is C23H34ClN3O. The van der Waals surface area contributed by atoms with Gasteiger partial charge in [0.15, 0.2) is 0 Å². The summed E-state index contributed by atoms with van der Waals surface area (Å²) < 4.78 is 0. The van der Waals surface area contributed by atoms with Crippen LogP contribution in [0.3, 0.4) is 0 Å². The third kappa shape index (κ3) is 3.91. The van der Waals surface area contributed by atoms with Gasteiger partial charge in [0.25, 0.3) is 0 Å². The minimum atomic E-state index is 0. The number of halogens is 1. The minimum absolute atomic E-state index is 0. The standard InChI is InChI=1S/C23H33N3O.ClH/c27-22(23-15-18-12-19(16-23)14-20(13-18)17-23)24-6-7-25-8-10-26(11-9-25)21-4-2-1-3-5-21;/h1-5,18-20H,6-17H2,(H,24,27);1H. The minimum Gasteiger partial charge on any atom is -0.369 e. The molecule has 0 spiro atoms. The number of carbonyl (C=O) groups is 1. The van der Waals surface area contributed by atoms with Gasteiger partial charge in [-0.2, -0.15) is 0 Å². The molecule has 0 radical (unpaired) electrons. The fourth-order valence-corrected chi connectivity index (χ4v) is 6.77. The first-order valence-electron chi connectivity index (χ1n) is 11.0. The van der Waals surface area contributed by atoms with Crippen LogP contribution in [0.5, 0.6) is 0 Å². The number of piperazine rings is 1. The summed E-state index contributed by atoms with van der Waals surface area (Å²) in [5.74, 6) is 2.90. The average Bonchev–Trinajstić information content (AvgIpc) is 2.68. The van der Waals surface area contributed by atoms with Gasteiger partial charge in [-0.1, -0.05) is 18.2 Å². The lowest BCUT2D eigenvalue weighted by Crippen LogP contribution is -2.54. The van der Waals surface area contributed by atoms with Crippen LogP contribution in [-0.4, -0.2) is 50.1 Å². The molecule has 1 aromatic carbocycles. The highest BCUT2D eigenvalue weighted by molar-refractivity contribution is 5.85. The van der Waals surface area contributed by atoms with E-state index in [4.69, 9.17) is 0 Å². The number of hydrogen-bond acceptors (Lipinski definition) is 3. The van der Waals surface area contributed by atoms with Gasteiger partial charge in [-0.3, -0.25) is 9.69 Å². The maximum atomic E-state index is 13.0. The molecule has 5 heteroatoms. The van der Waals surface area contributed by atoms with Crippen LogP contribution in [0.4, 0.5) is 5.69 Å². The highest BCUT2D eigenvalue weighted by Gasteiger charge is 2.54. The van der Waals surface area contributed by atoms with Crippen molar-refractivity contribution in [3.05, 3.63) is 30.3 Å². The number of para-hydroxylation sites is 1. The Labute approximate surface area is 175 Å². The zero-order chi connectivity index (χ0) is 18.3. The zero-order valence-electron chi connectivity index (χ0n) is 16.8. The van der Waals surface area contributed by atoms with Crippen LogP contribution in [0, 0.1) is 23.2 Å². The van der Waals surface area contributed by atoms with Gasteiger partial charge < -0.3 is 10.2 Å². The van der Waals surface area contributed by atoms with E-state index in [2.05, 4.69) is 45.4 Å². The topological polar surface area (TPSA) is 35.6 Å². The molecule has 5 aliphatic rings. The average molecular weight is 404 g/mol. The molecule has 4 nitrogen and oxygen atoms in total. The van der Waals surface area contributed by atoms with E-state index in [0.29, 0.717) is 5.91 Å². The maximum Gasteiger partial charge on any atom is 0.226 e. The molecule has 1 aliphatic heterocycles. The van der Waals surface area contributed by atoms with E-state index in [9.17, 15) is 4.79 Å². The molecule has 4 aliphatic carbocycles. The maximum absolute atomic E-state index is 13.0. The van der Waals surface area contributed by atoms with Crippen molar-refractivity contribution in [3.8, 4) is 0 Å². The van der Waals surface area contributed by atoms with Gasteiger partial charge >= 0.3 is 0 Å². The van der Waals surface area contributed by atoms with Crippen LogP contribution in [-0.2, 0) is 4.79 Å². The number of nitrogens with zero attached hydrogens (tertiary/aromatic N) is 2. The number of anilines is 1. The van der Waals surface area contributed by atoms with Crippen LogP contribution in [0.25, 0.3) is 0 Å². The Morgan fingerprint density at radius 2 is 1.50 bits per heavy atom. The molecule has 4 bridgehead atoms. The molecule has 1 aromatic rings. The number of benzene rings is 1. The summed E-state index contributed by atoms with van der Waals surface area (Å²) in [6.07, 6.45) is 7.70. The summed E-state index contributed by atoms with van der Waals surface area (Å²) in [4.78, 5) is 18.0. The number of nitrogens with one attached hydrogen (secondary N) is 1. The van der Waals surface area contributed by atoms with Crippen molar-refractivity contribution in [2.24, 2.45) is 23.2 Å². The van der Waals surface area contributed by atoms with E-state index >= 15 is 0 Å². The normalized spacial score (nSPS) is 34.1. The summed E-state index contributed by atoms with van der Waals surface area (Å²) in [6.45, 7) is 6.12. The van der Waals surface area contributed by atoms with Crippen LogP contribution in [0.1, 0.15) is 38.5 Å². The van der Waals surface area contributed by atoms with Crippen LogP contribution in [0.15, 0.2) is 30.3 Å². The van der Waals surface area contributed by atoms with Gasteiger partial charge in [0, 0.05) is 50.4 Å². The molecule has 0 unspecified atom stereocenters. The largest absolute Gasteiger partial charge is 0.369 e. The van der Waals surface area contributed by atoms with E-state index in [1.807, 2.05) is 0 Å². The number of hydrogen-bond donors (Lipinski definition) is 1. The van der Waals surface area contributed by atoms with Crippen molar-refractivity contribution in [2.45, 2.75) is 38.5 Å².